The summed E-state index contributed by atoms with van der Waals surface area (Å²) in [6.45, 7) is 3.65. The van der Waals surface area contributed by atoms with Gasteiger partial charge >= 0.3 is 0 Å². The summed E-state index contributed by atoms with van der Waals surface area (Å²) in [6.07, 6.45) is 0. The fraction of sp³-hybridized carbons (Fsp3) is 0.176. The molecule has 26 heavy (non-hydrogen) atoms. The van der Waals surface area contributed by atoms with E-state index in [0.29, 0.717) is 5.56 Å². The van der Waals surface area contributed by atoms with E-state index < -0.39 is 10.8 Å². The van der Waals surface area contributed by atoms with E-state index in [9.17, 15) is 19.7 Å². The van der Waals surface area contributed by atoms with Crippen LogP contribution in [0.4, 0.5) is 11.4 Å². The standard InChI is InChI=1S/C17H15Cl2N3O4/c1-9(2)20-16(23)10-3-6-13(18)15(7-10)21-17(24)12-5-4-11(22(25)26)8-14(12)19/h3-9H,1-2H3,(H,20,23)(H,21,24). The molecule has 0 spiro atoms. The van der Waals surface area contributed by atoms with Crippen LogP contribution in [0.25, 0.3) is 0 Å². The molecule has 0 saturated heterocycles. The zero-order chi connectivity index (χ0) is 19.4. The molecule has 0 saturated carbocycles. The third-order valence-electron chi connectivity index (χ3n) is 3.30. The van der Waals surface area contributed by atoms with E-state index in [4.69, 9.17) is 23.2 Å². The number of benzene rings is 2. The summed E-state index contributed by atoms with van der Waals surface area (Å²) in [5, 5.41) is 16.2. The van der Waals surface area contributed by atoms with E-state index in [2.05, 4.69) is 10.6 Å². The van der Waals surface area contributed by atoms with Gasteiger partial charge < -0.3 is 10.6 Å². The highest BCUT2D eigenvalue weighted by molar-refractivity contribution is 6.36. The topological polar surface area (TPSA) is 101 Å². The Morgan fingerprint density at radius 1 is 1.04 bits per heavy atom. The second-order valence-corrected chi connectivity index (χ2v) is 6.51. The molecule has 0 atom stereocenters. The van der Waals surface area contributed by atoms with E-state index in [-0.39, 0.29) is 38.9 Å². The van der Waals surface area contributed by atoms with Crippen LogP contribution in [-0.2, 0) is 0 Å². The van der Waals surface area contributed by atoms with Gasteiger partial charge in [0.25, 0.3) is 17.5 Å². The molecule has 2 aromatic rings. The third kappa shape index (κ3) is 4.71. The fourth-order valence-electron chi connectivity index (χ4n) is 2.10. The van der Waals surface area contributed by atoms with Gasteiger partial charge in [0.1, 0.15) is 0 Å². The molecule has 0 aromatic heterocycles. The van der Waals surface area contributed by atoms with Crippen LogP contribution in [0.1, 0.15) is 34.6 Å². The number of amides is 2. The largest absolute Gasteiger partial charge is 0.350 e. The van der Waals surface area contributed by atoms with Gasteiger partial charge in [0.05, 0.1) is 26.2 Å². The highest BCUT2D eigenvalue weighted by atomic mass is 35.5. The number of nitro groups is 1. The second kappa shape index (κ2) is 8.16. The molecule has 2 amide bonds. The number of rotatable bonds is 5. The molecule has 7 nitrogen and oxygen atoms in total. The van der Waals surface area contributed by atoms with Crippen molar-refractivity contribution < 1.29 is 14.5 Å². The molecule has 0 bridgehead atoms. The Labute approximate surface area is 159 Å². The van der Waals surface area contributed by atoms with E-state index in [0.717, 1.165) is 6.07 Å². The highest BCUT2D eigenvalue weighted by Gasteiger charge is 2.17. The number of halogens is 2. The number of anilines is 1. The Morgan fingerprint density at radius 2 is 1.73 bits per heavy atom. The van der Waals surface area contributed by atoms with Crippen LogP contribution in [0, 0.1) is 10.1 Å². The first-order valence-electron chi connectivity index (χ1n) is 7.54. The Bertz CT molecular complexity index is 884. The van der Waals surface area contributed by atoms with Gasteiger partial charge in [-0.2, -0.15) is 0 Å². The van der Waals surface area contributed by atoms with Crippen molar-refractivity contribution >= 4 is 46.4 Å². The lowest BCUT2D eigenvalue weighted by atomic mass is 10.1. The number of nitrogens with one attached hydrogen (secondary N) is 2. The number of hydrogen-bond donors (Lipinski definition) is 2. The van der Waals surface area contributed by atoms with Gasteiger partial charge in [-0.25, -0.2) is 0 Å². The van der Waals surface area contributed by atoms with Crippen molar-refractivity contribution in [3.8, 4) is 0 Å². The first-order valence-corrected chi connectivity index (χ1v) is 8.30. The summed E-state index contributed by atoms with van der Waals surface area (Å²) in [5.41, 5.74) is 0.373. The molecule has 136 valence electrons. The molecule has 0 aliphatic heterocycles. The maximum Gasteiger partial charge on any atom is 0.270 e. The summed E-state index contributed by atoms with van der Waals surface area (Å²) >= 11 is 12.0. The maximum atomic E-state index is 12.4. The normalized spacial score (nSPS) is 10.5. The SMILES string of the molecule is CC(C)NC(=O)c1ccc(Cl)c(NC(=O)c2ccc([N+](=O)[O-])cc2Cl)c1. The molecular formula is C17H15Cl2N3O4. The molecule has 9 heteroatoms. The van der Waals surface area contributed by atoms with Crippen LogP contribution in [-0.4, -0.2) is 22.8 Å². The lowest BCUT2D eigenvalue weighted by molar-refractivity contribution is -0.384. The predicted octanol–water partition coefficient (Wildman–Crippen LogP) is 4.29. The second-order valence-electron chi connectivity index (χ2n) is 5.70. The number of hydrogen-bond acceptors (Lipinski definition) is 4. The molecule has 2 rings (SSSR count). The van der Waals surface area contributed by atoms with Crippen LogP contribution in [0.3, 0.4) is 0 Å². The molecular weight excluding hydrogens is 381 g/mol. The quantitative estimate of drug-likeness (QED) is 0.581. The summed E-state index contributed by atoms with van der Waals surface area (Å²) in [6, 6.07) is 7.93. The van der Waals surface area contributed by atoms with Crippen LogP contribution in [0.5, 0.6) is 0 Å². The summed E-state index contributed by atoms with van der Waals surface area (Å²) in [5.74, 6) is -0.909. The minimum Gasteiger partial charge on any atom is -0.350 e. The molecule has 0 aliphatic carbocycles. The number of carbonyl (C=O) groups excluding carboxylic acids is 2. The van der Waals surface area contributed by atoms with Crippen molar-refractivity contribution in [1.82, 2.24) is 5.32 Å². The number of carbonyl (C=O) groups is 2. The van der Waals surface area contributed by atoms with Crippen LogP contribution >= 0.6 is 23.2 Å². The van der Waals surface area contributed by atoms with Gasteiger partial charge in [0, 0.05) is 23.7 Å². The smallest absolute Gasteiger partial charge is 0.270 e. The highest BCUT2D eigenvalue weighted by Crippen LogP contribution is 2.27. The Hall–Kier alpha value is -2.64. The minimum atomic E-state index is -0.610. The Morgan fingerprint density at radius 3 is 2.31 bits per heavy atom. The Kier molecular flexibility index (Phi) is 6.18. The predicted molar refractivity (Wildman–Crippen MR) is 100 cm³/mol. The minimum absolute atomic E-state index is 0.0462. The lowest BCUT2D eigenvalue weighted by Gasteiger charge is -2.12. The average Bonchev–Trinajstić information content (AvgIpc) is 2.55. The third-order valence-corrected chi connectivity index (χ3v) is 3.95. The summed E-state index contributed by atoms with van der Waals surface area (Å²) in [7, 11) is 0. The number of nitro benzene ring substituents is 1. The maximum absolute atomic E-state index is 12.4. The molecule has 0 radical (unpaired) electrons. The molecule has 0 fully saturated rings. The van der Waals surface area contributed by atoms with Crippen molar-refractivity contribution in [3.05, 3.63) is 67.7 Å². The molecule has 2 N–H and O–H groups in total. The van der Waals surface area contributed by atoms with Crippen molar-refractivity contribution in [3.63, 3.8) is 0 Å². The van der Waals surface area contributed by atoms with Gasteiger partial charge in [-0.1, -0.05) is 23.2 Å². The fourth-order valence-corrected chi connectivity index (χ4v) is 2.52. The number of non-ortho nitro benzene ring substituents is 1. The molecule has 0 aliphatic rings. The lowest BCUT2D eigenvalue weighted by Crippen LogP contribution is -2.30. The zero-order valence-corrected chi connectivity index (χ0v) is 15.4. The van der Waals surface area contributed by atoms with E-state index in [1.54, 1.807) is 0 Å². The van der Waals surface area contributed by atoms with Crippen LogP contribution in [0.2, 0.25) is 10.0 Å². The van der Waals surface area contributed by atoms with Crippen LogP contribution < -0.4 is 10.6 Å². The van der Waals surface area contributed by atoms with Crippen molar-refractivity contribution in [1.29, 1.82) is 0 Å². The van der Waals surface area contributed by atoms with E-state index >= 15 is 0 Å². The van der Waals surface area contributed by atoms with Gasteiger partial charge in [0.2, 0.25) is 0 Å². The monoisotopic (exact) mass is 395 g/mol. The van der Waals surface area contributed by atoms with Gasteiger partial charge in [-0.15, -0.1) is 0 Å². The summed E-state index contributed by atoms with van der Waals surface area (Å²) in [4.78, 5) is 34.6. The first kappa shape index (κ1) is 19.7. The molecule has 0 unspecified atom stereocenters. The van der Waals surface area contributed by atoms with Gasteiger partial charge in [0.15, 0.2) is 0 Å². The van der Waals surface area contributed by atoms with Crippen LogP contribution in [0.15, 0.2) is 36.4 Å². The molecule has 2 aromatic carbocycles. The molecule has 0 heterocycles. The van der Waals surface area contributed by atoms with Gasteiger partial charge in [-0.3, -0.25) is 19.7 Å². The Balaban J connectivity index is 2.26. The number of nitrogens with zero attached hydrogens (tertiary/aromatic N) is 1. The van der Waals surface area contributed by atoms with Crippen molar-refractivity contribution in [2.24, 2.45) is 0 Å². The zero-order valence-electron chi connectivity index (χ0n) is 13.9. The first-order chi connectivity index (χ1) is 12.2. The van der Waals surface area contributed by atoms with E-state index in [1.165, 1.54) is 30.3 Å². The average molecular weight is 396 g/mol. The van der Waals surface area contributed by atoms with Crippen molar-refractivity contribution in [2.45, 2.75) is 19.9 Å². The summed E-state index contributed by atoms with van der Waals surface area (Å²) < 4.78 is 0. The van der Waals surface area contributed by atoms with Crippen molar-refractivity contribution in [2.75, 3.05) is 5.32 Å². The van der Waals surface area contributed by atoms with E-state index in [1.807, 2.05) is 13.8 Å². The van der Waals surface area contributed by atoms with Gasteiger partial charge in [-0.05, 0) is 38.1 Å².